The zero-order chi connectivity index (χ0) is 12.1. The lowest BCUT2D eigenvalue weighted by atomic mass is 9.95. The molecule has 0 bridgehead atoms. The maximum atomic E-state index is 11.7. The Kier molecular flexibility index (Phi) is 5.63. The Balaban J connectivity index is 0.00000162. The summed E-state index contributed by atoms with van der Waals surface area (Å²) in [7, 11) is 0. The summed E-state index contributed by atoms with van der Waals surface area (Å²) in [6, 6.07) is 9.70. The molecule has 0 unspecified atom stereocenters. The van der Waals surface area contributed by atoms with Crippen molar-refractivity contribution in [3.63, 3.8) is 0 Å². The average molecular weight is 270 g/mol. The number of ether oxygens (including phenoxy) is 1. The molecule has 0 heterocycles. The van der Waals surface area contributed by atoms with Crippen LogP contribution in [0, 0.1) is 0 Å². The smallest absolute Gasteiger partial charge is 0.307 e. The number of rotatable bonds is 4. The molecule has 0 aliphatic heterocycles. The van der Waals surface area contributed by atoms with Crippen molar-refractivity contribution in [2.75, 3.05) is 0 Å². The van der Waals surface area contributed by atoms with Crippen LogP contribution in [0.4, 0.5) is 0 Å². The van der Waals surface area contributed by atoms with Crippen LogP contribution in [-0.2, 0) is 16.1 Å². The largest absolute Gasteiger partial charge is 0.461 e. The molecule has 0 spiro atoms. The van der Waals surface area contributed by atoms with Gasteiger partial charge in [0.1, 0.15) is 6.61 Å². The maximum absolute atomic E-state index is 11.7. The summed E-state index contributed by atoms with van der Waals surface area (Å²) in [5.41, 5.74) is 6.83. The van der Waals surface area contributed by atoms with Gasteiger partial charge < -0.3 is 10.5 Å². The predicted molar refractivity (Wildman–Crippen MR) is 73.5 cm³/mol. The van der Waals surface area contributed by atoms with E-state index in [-0.39, 0.29) is 23.9 Å². The second kappa shape index (κ2) is 6.76. The third-order valence-electron chi connectivity index (χ3n) is 3.34. The number of carbonyl (C=O) groups is 1. The van der Waals surface area contributed by atoms with E-state index < -0.39 is 0 Å². The monoisotopic (exact) mass is 269 g/mol. The van der Waals surface area contributed by atoms with E-state index in [1.165, 1.54) is 0 Å². The molecule has 1 fully saturated rings. The van der Waals surface area contributed by atoms with Crippen molar-refractivity contribution < 1.29 is 9.53 Å². The highest BCUT2D eigenvalue weighted by Gasteiger charge is 2.32. The fraction of sp³-hybridized carbons (Fsp3) is 0.500. The Morgan fingerprint density at radius 1 is 1.22 bits per heavy atom. The van der Waals surface area contributed by atoms with E-state index in [4.69, 9.17) is 10.5 Å². The zero-order valence-corrected chi connectivity index (χ0v) is 11.2. The molecule has 2 N–H and O–H groups in total. The average Bonchev–Trinajstić information content (AvgIpc) is 2.74. The van der Waals surface area contributed by atoms with Crippen LogP contribution >= 0.6 is 12.4 Å². The molecule has 4 heteroatoms. The number of hydrogen-bond donors (Lipinski definition) is 1. The predicted octanol–water partition coefficient (Wildman–Crippen LogP) is 2.81. The lowest BCUT2D eigenvalue weighted by molar-refractivity contribution is -0.146. The van der Waals surface area contributed by atoms with Gasteiger partial charge in [0.25, 0.3) is 0 Å². The minimum Gasteiger partial charge on any atom is -0.461 e. The van der Waals surface area contributed by atoms with Gasteiger partial charge in [-0.15, -0.1) is 12.4 Å². The van der Waals surface area contributed by atoms with Gasteiger partial charge in [0.05, 0.1) is 6.42 Å². The highest BCUT2D eigenvalue weighted by molar-refractivity contribution is 5.85. The van der Waals surface area contributed by atoms with Crippen molar-refractivity contribution in [2.45, 2.75) is 44.2 Å². The third kappa shape index (κ3) is 4.31. The molecule has 2 rings (SSSR count). The second-order valence-corrected chi connectivity index (χ2v) is 4.89. The normalized spacial score (nSPS) is 16.9. The first kappa shape index (κ1) is 15.0. The van der Waals surface area contributed by atoms with Gasteiger partial charge in [0.15, 0.2) is 0 Å². The van der Waals surface area contributed by atoms with Crippen molar-refractivity contribution in [3.05, 3.63) is 35.9 Å². The molecule has 3 nitrogen and oxygen atoms in total. The van der Waals surface area contributed by atoms with Crippen molar-refractivity contribution in [2.24, 2.45) is 5.73 Å². The molecule has 0 radical (unpaired) electrons. The quantitative estimate of drug-likeness (QED) is 0.855. The molecule has 0 saturated heterocycles. The molecule has 1 aromatic rings. The third-order valence-corrected chi connectivity index (χ3v) is 3.34. The fourth-order valence-corrected chi connectivity index (χ4v) is 2.33. The van der Waals surface area contributed by atoms with E-state index in [9.17, 15) is 4.79 Å². The summed E-state index contributed by atoms with van der Waals surface area (Å²) in [5.74, 6) is -0.182. The Morgan fingerprint density at radius 3 is 2.44 bits per heavy atom. The Hall–Kier alpha value is -1.06. The van der Waals surface area contributed by atoms with Crippen LogP contribution in [0.2, 0.25) is 0 Å². The van der Waals surface area contributed by atoms with Crippen LogP contribution in [0.25, 0.3) is 0 Å². The number of esters is 1. The van der Waals surface area contributed by atoms with Crippen LogP contribution in [0.1, 0.15) is 37.7 Å². The highest BCUT2D eigenvalue weighted by Crippen LogP contribution is 2.30. The van der Waals surface area contributed by atoms with Crippen LogP contribution in [-0.4, -0.2) is 11.5 Å². The van der Waals surface area contributed by atoms with Crippen LogP contribution in [0.5, 0.6) is 0 Å². The van der Waals surface area contributed by atoms with Gasteiger partial charge in [-0.2, -0.15) is 0 Å². The van der Waals surface area contributed by atoms with Gasteiger partial charge in [-0.3, -0.25) is 4.79 Å². The number of benzene rings is 1. The Bertz CT molecular complexity index is 375. The summed E-state index contributed by atoms with van der Waals surface area (Å²) in [4.78, 5) is 11.7. The molecular formula is C14H20ClNO2. The lowest BCUT2D eigenvalue weighted by Crippen LogP contribution is -2.39. The van der Waals surface area contributed by atoms with Crippen molar-refractivity contribution in [1.29, 1.82) is 0 Å². The van der Waals surface area contributed by atoms with Gasteiger partial charge in [-0.25, -0.2) is 0 Å². The minimum atomic E-state index is -0.312. The SMILES string of the molecule is Cl.NC1(CC(=O)OCc2ccccc2)CCCC1. The maximum Gasteiger partial charge on any atom is 0.307 e. The molecule has 1 aromatic carbocycles. The lowest BCUT2D eigenvalue weighted by Gasteiger charge is -2.21. The number of halogens is 1. The molecule has 1 aliphatic rings. The first-order valence-corrected chi connectivity index (χ1v) is 6.16. The van der Waals surface area contributed by atoms with Gasteiger partial charge in [-0.1, -0.05) is 43.2 Å². The van der Waals surface area contributed by atoms with E-state index >= 15 is 0 Å². The van der Waals surface area contributed by atoms with Gasteiger partial charge in [0.2, 0.25) is 0 Å². The second-order valence-electron chi connectivity index (χ2n) is 4.89. The van der Waals surface area contributed by atoms with Crippen molar-refractivity contribution in [3.8, 4) is 0 Å². The minimum absolute atomic E-state index is 0. The zero-order valence-electron chi connectivity index (χ0n) is 10.4. The Labute approximate surface area is 114 Å². The highest BCUT2D eigenvalue weighted by atomic mass is 35.5. The van der Waals surface area contributed by atoms with Crippen molar-refractivity contribution in [1.82, 2.24) is 0 Å². The molecular weight excluding hydrogens is 250 g/mol. The van der Waals surface area contributed by atoms with Gasteiger partial charge in [-0.05, 0) is 18.4 Å². The summed E-state index contributed by atoms with van der Waals surface area (Å²) in [5, 5.41) is 0. The van der Waals surface area contributed by atoms with E-state index in [0.717, 1.165) is 31.2 Å². The first-order chi connectivity index (χ1) is 8.18. The number of carbonyl (C=O) groups excluding carboxylic acids is 1. The fourth-order valence-electron chi connectivity index (χ4n) is 2.33. The van der Waals surface area contributed by atoms with Gasteiger partial charge in [0, 0.05) is 5.54 Å². The summed E-state index contributed by atoms with van der Waals surface area (Å²) in [6.07, 6.45) is 4.48. The molecule has 1 aliphatic carbocycles. The van der Waals surface area contributed by atoms with E-state index in [1.807, 2.05) is 30.3 Å². The number of hydrogen-bond acceptors (Lipinski definition) is 3. The molecule has 0 amide bonds. The molecule has 0 aromatic heterocycles. The van der Waals surface area contributed by atoms with Crippen LogP contribution < -0.4 is 5.73 Å². The molecule has 1 saturated carbocycles. The van der Waals surface area contributed by atoms with E-state index in [0.29, 0.717) is 13.0 Å². The summed E-state index contributed by atoms with van der Waals surface area (Å²) in [6.45, 7) is 0.343. The van der Waals surface area contributed by atoms with E-state index in [2.05, 4.69) is 0 Å². The molecule has 100 valence electrons. The Morgan fingerprint density at radius 2 is 1.83 bits per heavy atom. The van der Waals surface area contributed by atoms with E-state index in [1.54, 1.807) is 0 Å². The first-order valence-electron chi connectivity index (χ1n) is 6.16. The standard InChI is InChI=1S/C14H19NO2.ClH/c15-14(8-4-5-9-14)10-13(16)17-11-12-6-2-1-3-7-12;/h1-3,6-7H,4-5,8-11,15H2;1H. The molecule has 18 heavy (non-hydrogen) atoms. The van der Waals surface area contributed by atoms with Gasteiger partial charge >= 0.3 is 5.97 Å². The summed E-state index contributed by atoms with van der Waals surface area (Å²) < 4.78 is 5.24. The van der Waals surface area contributed by atoms with Crippen LogP contribution in [0.3, 0.4) is 0 Å². The number of nitrogens with two attached hydrogens (primary N) is 1. The topological polar surface area (TPSA) is 52.3 Å². The molecule has 0 atom stereocenters. The van der Waals surface area contributed by atoms with Crippen LogP contribution in [0.15, 0.2) is 30.3 Å². The summed E-state index contributed by atoms with van der Waals surface area (Å²) >= 11 is 0. The van der Waals surface area contributed by atoms with Crippen molar-refractivity contribution >= 4 is 18.4 Å².